The largest absolute Gasteiger partial charge is 0.462 e. The van der Waals surface area contributed by atoms with E-state index in [1.54, 1.807) is 13.8 Å². The van der Waals surface area contributed by atoms with Gasteiger partial charge >= 0.3 is 5.97 Å². The zero-order chi connectivity index (χ0) is 15.4. The van der Waals surface area contributed by atoms with Crippen LogP contribution in [0.4, 0.5) is 5.00 Å². The third kappa shape index (κ3) is 3.56. The summed E-state index contributed by atoms with van der Waals surface area (Å²) >= 11 is 1.16. The molecule has 5 nitrogen and oxygen atoms in total. The lowest BCUT2D eigenvalue weighted by atomic mass is 9.95. The van der Waals surface area contributed by atoms with E-state index in [-0.39, 0.29) is 18.6 Å². The lowest BCUT2D eigenvalue weighted by molar-refractivity contribution is 0.0527. The summed E-state index contributed by atoms with van der Waals surface area (Å²) in [6.45, 7) is 3.78. The molecule has 1 aliphatic carbocycles. The Bertz CT molecular complexity index is 533. The first kappa shape index (κ1) is 15.8. The third-order valence-corrected chi connectivity index (χ3v) is 4.92. The molecule has 0 radical (unpaired) electrons. The molecule has 1 aromatic rings. The van der Waals surface area contributed by atoms with Gasteiger partial charge in [-0.3, -0.25) is 4.79 Å². The highest BCUT2D eigenvalue weighted by molar-refractivity contribution is 7.18. The lowest BCUT2D eigenvalue weighted by Gasteiger charge is -2.22. The summed E-state index contributed by atoms with van der Waals surface area (Å²) in [5.74, 6) is -0.591. The highest BCUT2D eigenvalue weighted by Gasteiger charge is 2.25. The highest BCUT2D eigenvalue weighted by Crippen LogP contribution is 2.31. The van der Waals surface area contributed by atoms with Gasteiger partial charge in [0, 0.05) is 6.04 Å². The van der Waals surface area contributed by atoms with Gasteiger partial charge in [0.2, 0.25) is 0 Å². The van der Waals surface area contributed by atoms with Crippen molar-refractivity contribution in [3.05, 3.63) is 16.0 Å². The molecular formula is C15H22N2O3S. The fourth-order valence-electron chi connectivity index (χ4n) is 2.71. The minimum absolute atomic E-state index is 0.133. The molecule has 2 rings (SSSR count). The molecule has 0 aromatic carbocycles. The monoisotopic (exact) mass is 310 g/mol. The SMILES string of the molecule is CCOC(=O)c1c(N)sc(C(=O)NC2CCCCC2)c1C. The molecule has 1 heterocycles. The van der Waals surface area contributed by atoms with Crippen LogP contribution in [-0.4, -0.2) is 24.5 Å². The van der Waals surface area contributed by atoms with E-state index in [0.717, 1.165) is 37.0 Å². The standard InChI is InChI=1S/C15H22N2O3S/c1-3-20-15(19)11-9(2)12(21-13(11)16)14(18)17-10-7-5-4-6-8-10/h10H,3-8,16H2,1-2H3,(H,17,18). The van der Waals surface area contributed by atoms with Gasteiger partial charge < -0.3 is 15.8 Å². The number of nitrogens with one attached hydrogen (secondary N) is 1. The van der Waals surface area contributed by atoms with E-state index in [0.29, 0.717) is 21.0 Å². The van der Waals surface area contributed by atoms with Crippen LogP contribution in [0.3, 0.4) is 0 Å². The Morgan fingerprint density at radius 1 is 1.33 bits per heavy atom. The van der Waals surface area contributed by atoms with Crippen molar-refractivity contribution >= 4 is 28.2 Å². The maximum absolute atomic E-state index is 12.4. The Morgan fingerprint density at radius 2 is 2.00 bits per heavy atom. The third-order valence-electron chi connectivity index (χ3n) is 3.80. The van der Waals surface area contributed by atoms with Crippen LogP contribution in [0.1, 0.15) is 64.6 Å². The van der Waals surface area contributed by atoms with Crippen molar-refractivity contribution in [1.82, 2.24) is 5.32 Å². The van der Waals surface area contributed by atoms with Gasteiger partial charge in [-0.05, 0) is 32.3 Å². The predicted octanol–water partition coefficient (Wildman–Crippen LogP) is 2.88. The smallest absolute Gasteiger partial charge is 0.341 e. The molecule has 1 aromatic heterocycles. The van der Waals surface area contributed by atoms with Crippen LogP contribution in [0, 0.1) is 6.92 Å². The molecule has 0 saturated heterocycles. The topological polar surface area (TPSA) is 81.4 Å². The molecule has 0 bridgehead atoms. The molecule has 0 atom stereocenters. The normalized spacial score (nSPS) is 15.7. The van der Waals surface area contributed by atoms with Gasteiger partial charge in [-0.25, -0.2) is 4.79 Å². The number of anilines is 1. The number of hydrogen-bond acceptors (Lipinski definition) is 5. The second kappa shape index (κ2) is 6.93. The summed E-state index contributed by atoms with van der Waals surface area (Å²) in [6, 6.07) is 0.236. The number of thiophene rings is 1. The van der Waals surface area contributed by atoms with Crippen molar-refractivity contribution in [3.8, 4) is 0 Å². The van der Waals surface area contributed by atoms with Crippen LogP contribution in [0.2, 0.25) is 0 Å². The van der Waals surface area contributed by atoms with Gasteiger partial charge in [-0.15, -0.1) is 11.3 Å². The Morgan fingerprint density at radius 3 is 2.62 bits per heavy atom. The van der Waals surface area contributed by atoms with E-state index in [1.165, 1.54) is 6.42 Å². The van der Waals surface area contributed by atoms with E-state index in [9.17, 15) is 9.59 Å². The first-order valence-electron chi connectivity index (χ1n) is 7.41. The first-order valence-corrected chi connectivity index (χ1v) is 8.23. The molecule has 0 aliphatic heterocycles. The Balaban J connectivity index is 2.14. The van der Waals surface area contributed by atoms with Gasteiger partial charge in [0.05, 0.1) is 17.0 Å². The molecule has 1 aliphatic rings. The van der Waals surface area contributed by atoms with Gasteiger partial charge in [0.15, 0.2) is 0 Å². The van der Waals surface area contributed by atoms with Gasteiger partial charge in [-0.2, -0.15) is 0 Å². The number of nitrogen functional groups attached to an aromatic ring is 1. The zero-order valence-corrected chi connectivity index (χ0v) is 13.3. The fourth-order valence-corrected chi connectivity index (χ4v) is 3.67. The van der Waals surface area contributed by atoms with Crippen molar-refractivity contribution < 1.29 is 14.3 Å². The van der Waals surface area contributed by atoms with Crippen LogP contribution in [0.25, 0.3) is 0 Å². The summed E-state index contributed by atoms with van der Waals surface area (Å²) < 4.78 is 4.99. The average molecular weight is 310 g/mol. The van der Waals surface area contributed by atoms with Gasteiger partial charge in [0.25, 0.3) is 5.91 Å². The molecule has 3 N–H and O–H groups in total. The summed E-state index contributed by atoms with van der Waals surface area (Å²) in [4.78, 5) is 24.8. The minimum atomic E-state index is -0.458. The molecule has 1 saturated carbocycles. The summed E-state index contributed by atoms with van der Waals surface area (Å²) in [5, 5.41) is 3.40. The van der Waals surface area contributed by atoms with Crippen LogP contribution in [-0.2, 0) is 4.74 Å². The zero-order valence-electron chi connectivity index (χ0n) is 12.5. The summed E-state index contributed by atoms with van der Waals surface area (Å²) in [7, 11) is 0. The molecule has 6 heteroatoms. The van der Waals surface area contributed by atoms with Crippen molar-refractivity contribution in [2.75, 3.05) is 12.3 Å². The van der Waals surface area contributed by atoms with Gasteiger partial charge in [-0.1, -0.05) is 19.3 Å². The molecule has 1 amide bonds. The Kier molecular flexibility index (Phi) is 5.22. The molecule has 116 valence electrons. The highest BCUT2D eigenvalue weighted by atomic mass is 32.1. The maximum Gasteiger partial charge on any atom is 0.341 e. The van der Waals surface area contributed by atoms with Crippen LogP contribution in [0.5, 0.6) is 0 Å². The average Bonchev–Trinajstić information content (AvgIpc) is 2.75. The minimum Gasteiger partial charge on any atom is -0.462 e. The number of esters is 1. The first-order chi connectivity index (χ1) is 10.0. The number of nitrogens with two attached hydrogens (primary N) is 1. The molecular weight excluding hydrogens is 288 g/mol. The number of carbonyl (C=O) groups is 2. The Labute approximate surface area is 128 Å². The number of amides is 1. The summed E-state index contributed by atoms with van der Waals surface area (Å²) in [5.41, 5.74) is 6.83. The fraction of sp³-hybridized carbons (Fsp3) is 0.600. The second-order valence-electron chi connectivity index (χ2n) is 5.32. The van der Waals surface area contributed by atoms with Crippen molar-refractivity contribution in [2.24, 2.45) is 0 Å². The van der Waals surface area contributed by atoms with Crippen LogP contribution >= 0.6 is 11.3 Å². The van der Waals surface area contributed by atoms with E-state index >= 15 is 0 Å². The van der Waals surface area contributed by atoms with E-state index in [2.05, 4.69) is 5.32 Å². The Hall–Kier alpha value is -1.56. The van der Waals surface area contributed by atoms with Crippen LogP contribution in [0.15, 0.2) is 0 Å². The molecule has 0 spiro atoms. The summed E-state index contributed by atoms with van der Waals surface area (Å²) in [6.07, 6.45) is 5.60. The van der Waals surface area contributed by atoms with E-state index in [1.807, 2.05) is 0 Å². The molecule has 0 unspecified atom stereocenters. The number of hydrogen-bond donors (Lipinski definition) is 2. The lowest BCUT2D eigenvalue weighted by Crippen LogP contribution is -2.36. The molecule has 1 fully saturated rings. The quantitative estimate of drug-likeness (QED) is 0.838. The maximum atomic E-state index is 12.4. The van der Waals surface area contributed by atoms with E-state index < -0.39 is 5.97 Å². The predicted molar refractivity (Wildman–Crippen MR) is 83.8 cm³/mol. The van der Waals surface area contributed by atoms with E-state index in [4.69, 9.17) is 10.5 Å². The second-order valence-corrected chi connectivity index (χ2v) is 6.38. The van der Waals surface area contributed by atoms with Gasteiger partial charge in [0.1, 0.15) is 5.00 Å². The number of ether oxygens (including phenoxy) is 1. The molecule has 21 heavy (non-hydrogen) atoms. The van der Waals surface area contributed by atoms with Crippen LogP contribution < -0.4 is 11.1 Å². The van der Waals surface area contributed by atoms with Crippen molar-refractivity contribution in [3.63, 3.8) is 0 Å². The van der Waals surface area contributed by atoms with Crippen molar-refractivity contribution in [1.29, 1.82) is 0 Å². The van der Waals surface area contributed by atoms with Crippen molar-refractivity contribution in [2.45, 2.75) is 52.0 Å². The number of carbonyl (C=O) groups excluding carboxylic acids is 2. The number of rotatable bonds is 4.